The van der Waals surface area contributed by atoms with E-state index in [9.17, 15) is 14.7 Å². The van der Waals surface area contributed by atoms with Crippen LogP contribution in [0.25, 0.3) is 5.76 Å². The second kappa shape index (κ2) is 9.19. The number of likely N-dealkylation sites (tertiary alicyclic amines) is 1. The molecule has 1 saturated heterocycles. The van der Waals surface area contributed by atoms with E-state index in [4.69, 9.17) is 4.74 Å². The minimum atomic E-state index is -0.610. The molecule has 1 heterocycles. The van der Waals surface area contributed by atoms with Crippen LogP contribution in [-0.2, 0) is 9.59 Å². The zero-order valence-corrected chi connectivity index (χ0v) is 19.0. The molecule has 2 aromatic rings. The topological polar surface area (TPSA) is 66.8 Å². The Hall–Kier alpha value is -3.08. The molecule has 1 N–H and O–H groups in total. The number of nitrogens with zero attached hydrogens (tertiary/aromatic N) is 1. The molecule has 1 amide bonds. The molecule has 2 aromatic carbocycles. The average molecular weight is 434 g/mol. The molecule has 4 rings (SSSR count). The van der Waals surface area contributed by atoms with Gasteiger partial charge in [-0.15, -0.1) is 0 Å². The van der Waals surface area contributed by atoms with Crippen molar-refractivity contribution in [2.75, 3.05) is 6.61 Å². The van der Waals surface area contributed by atoms with Crippen molar-refractivity contribution in [2.24, 2.45) is 0 Å². The molecule has 5 nitrogen and oxygen atoms in total. The van der Waals surface area contributed by atoms with Crippen LogP contribution in [-0.4, -0.2) is 34.3 Å². The zero-order valence-electron chi connectivity index (χ0n) is 19.0. The lowest BCUT2D eigenvalue weighted by atomic mass is 9.92. The van der Waals surface area contributed by atoms with Gasteiger partial charge in [0, 0.05) is 11.6 Å². The smallest absolute Gasteiger partial charge is 0.295 e. The lowest BCUT2D eigenvalue weighted by molar-refractivity contribution is -0.141. The van der Waals surface area contributed by atoms with E-state index in [1.165, 1.54) is 5.56 Å². The SMILES string of the molecule is CCOc1ccc(/C(O)=C2/C(=O)C(=O)N(C3CCCC3)C2c2ccc(C(C)C)cc2)cc1. The van der Waals surface area contributed by atoms with Crippen molar-refractivity contribution < 1.29 is 19.4 Å². The normalized spacial score (nSPS) is 21.0. The van der Waals surface area contributed by atoms with Crippen LogP contribution in [0.5, 0.6) is 5.75 Å². The molecule has 1 aliphatic heterocycles. The highest BCUT2D eigenvalue weighted by Crippen LogP contribution is 2.43. The number of carbonyl (C=O) groups is 2. The van der Waals surface area contributed by atoms with Crippen LogP contribution in [0.1, 0.15) is 75.1 Å². The second-order valence-corrected chi connectivity index (χ2v) is 8.92. The maximum absolute atomic E-state index is 13.2. The fourth-order valence-corrected chi connectivity index (χ4v) is 4.83. The maximum atomic E-state index is 13.2. The summed E-state index contributed by atoms with van der Waals surface area (Å²) in [4.78, 5) is 28.1. The number of aliphatic hydroxyl groups is 1. The summed E-state index contributed by atoms with van der Waals surface area (Å²) in [5.41, 5.74) is 2.72. The minimum Gasteiger partial charge on any atom is -0.507 e. The number of amides is 1. The number of hydrogen-bond donors (Lipinski definition) is 1. The summed E-state index contributed by atoms with van der Waals surface area (Å²) in [6.45, 7) is 6.71. The van der Waals surface area contributed by atoms with Gasteiger partial charge in [-0.25, -0.2) is 0 Å². The van der Waals surface area contributed by atoms with E-state index in [1.807, 2.05) is 31.2 Å². The third kappa shape index (κ3) is 4.04. The van der Waals surface area contributed by atoms with Gasteiger partial charge in [-0.1, -0.05) is 51.0 Å². The van der Waals surface area contributed by atoms with E-state index in [-0.39, 0.29) is 17.4 Å². The van der Waals surface area contributed by atoms with E-state index >= 15 is 0 Å². The number of benzene rings is 2. The fraction of sp³-hybridized carbons (Fsp3) is 0.407. The lowest BCUT2D eigenvalue weighted by Crippen LogP contribution is -2.37. The molecule has 5 heteroatoms. The molecule has 0 bridgehead atoms. The van der Waals surface area contributed by atoms with Gasteiger partial charge in [-0.05, 0) is 61.1 Å². The molecule has 1 unspecified atom stereocenters. The molecule has 1 atom stereocenters. The summed E-state index contributed by atoms with van der Waals surface area (Å²) >= 11 is 0. The van der Waals surface area contributed by atoms with Crippen LogP contribution in [0.3, 0.4) is 0 Å². The summed E-state index contributed by atoms with van der Waals surface area (Å²) in [6.07, 6.45) is 3.87. The Bertz CT molecular complexity index is 1010. The molecule has 2 aliphatic rings. The van der Waals surface area contributed by atoms with Gasteiger partial charge in [-0.2, -0.15) is 0 Å². The van der Waals surface area contributed by atoms with Gasteiger partial charge in [-0.3, -0.25) is 9.59 Å². The van der Waals surface area contributed by atoms with Crippen molar-refractivity contribution in [3.05, 3.63) is 70.8 Å². The van der Waals surface area contributed by atoms with Crippen LogP contribution >= 0.6 is 0 Å². The first-order valence-corrected chi connectivity index (χ1v) is 11.6. The Morgan fingerprint density at radius 3 is 2.22 bits per heavy atom. The number of rotatable bonds is 6. The first-order chi connectivity index (χ1) is 15.4. The van der Waals surface area contributed by atoms with Gasteiger partial charge in [0.05, 0.1) is 18.2 Å². The first-order valence-electron chi connectivity index (χ1n) is 11.6. The quantitative estimate of drug-likeness (QED) is 0.367. The molecule has 168 valence electrons. The Kier molecular flexibility index (Phi) is 6.35. The van der Waals surface area contributed by atoms with Crippen LogP contribution in [0, 0.1) is 0 Å². The predicted molar refractivity (Wildman–Crippen MR) is 125 cm³/mol. The number of ether oxygens (including phenoxy) is 1. The van der Waals surface area contributed by atoms with Gasteiger partial charge in [0.25, 0.3) is 11.7 Å². The molecule has 1 saturated carbocycles. The summed E-state index contributed by atoms with van der Waals surface area (Å²) < 4.78 is 5.48. The standard InChI is InChI=1S/C27H31NO4/c1-4-32-22-15-13-20(14-16-22)25(29)23-24(19-11-9-18(10-12-19)17(2)3)28(27(31)26(23)30)21-7-5-6-8-21/h9-17,21,24,29H,4-8H2,1-3H3/b25-23-. The number of hydrogen-bond acceptors (Lipinski definition) is 4. The molecule has 32 heavy (non-hydrogen) atoms. The van der Waals surface area contributed by atoms with Crippen LogP contribution < -0.4 is 4.74 Å². The van der Waals surface area contributed by atoms with Gasteiger partial charge in [0.15, 0.2) is 0 Å². The van der Waals surface area contributed by atoms with Gasteiger partial charge < -0.3 is 14.7 Å². The monoisotopic (exact) mass is 433 g/mol. The van der Waals surface area contributed by atoms with Crippen molar-refractivity contribution in [2.45, 2.75) is 64.5 Å². The molecule has 0 aromatic heterocycles. The summed E-state index contributed by atoms with van der Waals surface area (Å²) in [7, 11) is 0. The van der Waals surface area contributed by atoms with Crippen LogP contribution in [0.4, 0.5) is 0 Å². The highest BCUT2D eigenvalue weighted by atomic mass is 16.5. The Morgan fingerprint density at radius 1 is 1.03 bits per heavy atom. The summed E-state index contributed by atoms with van der Waals surface area (Å²) in [5.74, 6) is -0.182. The summed E-state index contributed by atoms with van der Waals surface area (Å²) in [6, 6.07) is 14.5. The van der Waals surface area contributed by atoms with Gasteiger partial charge >= 0.3 is 0 Å². The Morgan fingerprint density at radius 2 is 1.66 bits per heavy atom. The van der Waals surface area contributed by atoms with Crippen molar-refractivity contribution >= 4 is 17.4 Å². The third-order valence-corrected chi connectivity index (χ3v) is 6.56. The Balaban J connectivity index is 1.81. The van der Waals surface area contributed by atoms with Crippen molar-refractivity contribution in [3.8, 4) is 5.75 Å². The number of aliphatic hydroxyl groups excluding tert-OH is 1. The zero-order chi connectivity index (χ0) is 22.8. The third-order valence-electron chi connectivity index (χ3n) is 6.56. The molecular formula is C27H31NO4. The second-order valence-electron chi connectivity index (χ2n) is 8.92. The molecule has 0 radical (unpaired) electrons. The van der Waals surface area contributed by atoms with Crippen molar-refractivity contribution in [1.82, 2.24) is 4.90 Å². The molecule has 0 spiro atoms. The van der Waals surface area contributed by atoms with E-state index < -0.39 is 17.7 Å². The van der Waals surface area contributed by atoms with E-state index in [0.717, 1.165) is 31.2 Å². The lowest BCUT2D eigenvalue weighted by Gasteiger charge is -2.31. The van der Waals surface area contributed by atoms with Crippen molar-refractivity contribution in [1.29, 1.82) is 0 Å². The van der Waals surface area contributed by atoms with Crippen LogP contribution in [0.15, 0.2) is 54.1 Å². The van der Waals surface area contributed by atoms with E-state index in [1.54, 1.807) is 29.2 Å². The maximum Gasteiger partial charge on any atom is 0.295 e. The Labute approximate surface area is 189 Å². The van der Waals surface area contributed by atoms with Crippen molar-refractivity contribution in [3.63, 3.8) is 0 Å². The number of ketones is 1. The number of Topliss-reactive ketones (excluding diaryl/α,β-unsaturated/α-hetero) is 1. The summed E-state index contributed by atoms with van der Waals surface area (Å²) in [5, 5.41) is 11.2. The molecular weight excluding hydrogens is 402 g/mol. The predicted octanol–water partition coefficient (Wildman–Crippen LogP) is 5.57. The fourth-order valence-electron chi connectivity index (χ4n) is 4.83. The first kappa shape index (κ1) is 22.1. The molecule has 2 fully saturated rings. The minimum absolute atomic E-state index is 0.0202. The molecule has 1 aliphatic carbocycles. The number of carbonyl (C=O) groups excluding carboxylic acids is 2. The van der Waals surface area contributed by atoms with Crippen LogP contribution in [0.2, 0.25) is 0 Å². The van der Waals surface area contributed by atoms with Gasteiger partial charge in [0.1, 0.15) is 11.5 Å². The van der Waals surface area contributed by atoms with E-state index in [2.05, 4.69) is 13.8 Å². The average Bonchev–Trinajstić information content (AvgIpc) is 3.41. The van der Waals surface area contributed by atoms with E-state index in [0.29, 0.717) is 23.8 Å². The van der Waals surface area contributed by atoms with Gasteiger partial charge in [0.2, 0.25) is 0 Å². The highest BCUT2D eigenvalue weighted by molar-refractivity contribution is 6.46. The highest BCUT2D eigenvalue weighted by Gasteiger charge is 2.49. The largest absolute Gasteiger partial charge is 0.507 e.